The van der Waals surface area contributed by atoms with Gasteiger partial charge in [-0.15, -0.1) is 0 Å². The van der Waals surface area contributed by atoms with E-state index in [0.29, 0.717) is 6.04 Å². The van der Waals surface area contributed by atoms with Gasteiger partial charge in [-0.1, -0.05) is 26.8 Å². The Bertz CT molecular complexity index is 407. The highest BCUT2D eigenvalue weighted by Gasteiger charge is 2.28. The predicted molar refractivity (Wildman–Crippen MR) is 83.0 cm³/mol. The van der Waals surface area contributed by atoms with E-state index in [4.69, 9.17) is 4.43 Å². The van der Waals surface area contributed by atoms with Crippen molar-refractivity contribution >= 4 is 14.9 Å². The fourth-order valence-corrected chi connectivity index (χ4v) is 3.25. The van der Waals surface area contributed by atoms with Crippen molar-refractivity contribution in [2.45, 2.75) is 58.9 Å². The Morgan fingerprint density at radius 1 is 1.32 bits per heavy atom. The third-order valence-corrected chi connectivity index (χ3v) is 4.03. The van der Waals surface area contributed by atoms with Gasteiger partial charge in [-0.3, -0.25) is 0 Å². The first-order chi connectivity index (χ1) is 8.86. The number of nitrogens with zero attached hydrogens (tertiary/aromatic N) is 1. The molecule has 4 heteroatoms. The van der Waals surface area contributed by atoms with Crippen LogP contribution in [0.5, 0.6) is 0 Å². The molecule has 1 saturated carbocycles. The van der Waals surface area contributed by atoms with Gasteiger partial charge in [0.15, 0.2) is 9.04 Å². The molecule has 0 spiro atoms. The molecule has 0 radical (unpaired) electrons. The molecule has 19 heavy (non-hydrogen) atoms. The summed E-state index contributed by atoms with van der Waals surface area (Å²) in [6, 6.07) is 4.89. The second-order valence-corrected chi connectivity index (χ2v) is 9.20. The van der Waals surface area contributed by atoms with Crippen molar-refractivity contribution in [3.05, 3.63) is 23.9 Å². The molecule has 1 unspecified atom stereocenters. The van der Waals surface area contributed by atoms with Gasteiger partial charge in [0, 0.05) is 12.2 Å². The van der Waals surface area contributed by atoms with Crippen LogP contribution < -0.4 is 5.32 Å². The molecule has 2 rings (SSSR count). The summed E-state index contributed by atoms with van der Waals surface area (Å²) in [6.07, 6.45) is 4.66. The topological polar surface area (TPSA) is 34.1 Å². The number of anilines is 1. The Kier molecular flexibility index (Phi) is 4.31. The molecule has 1 aromatic heterocycles. The first-order valence-electron chi connectivity index (χ1n) is 7.24. The zero-order valence-electron chi connectivity index (χ0n) is 12.7. The quantitative estimate of drug-likeness (QED) is 0.833. The van der Waals surface area contributed by atoms with E-state index < -0.39 is 9.04 Å². The zero-order chi connectivity index (χ0) is 14.0. The van der Waals surface area contributed by atoms with Crippen molar-refractivity contribution in [1.29, 1.82) is 0 Å². The van der Waals surface area contributed by atoms with Crippen LogP contribution in [0.15, 0.2) is 18.3 Å². The summed E-state index contributed by atoms with van der Waals surface area (Å²) in [5.74, 6) is 0.987. The maximum Gasteiger partial charge on any atom is 0.171 e. The lowest BCUT2D eigenvalue weighted by molar-refractivity contribution is 0.0863. The molecule has 0 saturated heterocycles. The fraction of sp³-hybridized carbons (Fsp3) is 0.667. The van der Waals surface area contributed by atoms with Gasteiger partial charge in [-0.05, 0) is 43.0 Å². The summed E-state index contributed by atoms with van der Waals surface area (Å²) in [5.41, 5.74) is 1.29. The average Bonchev–Trinajstić information content (AvgIpc) is 3.09. The van der Waals surface area contributed by atoms with Gasteiger partial charge in [0.1, 0.15) is 5.82 Å². The van der Waals surface area contributed by atoms with E-state index in [1.165, 1.54) is 18.4 Å². The molecular formula is C15H26N2OSi. The second-order valence-electron chi connectivity index (χ2n) is 6.83. The molecule has 1 aliphatic carbocycles. The second kappa shape index (κ2) is 5.63. The maximum atomic E-state index is 6.21. The lowest BCUT2D eigenvalue weighted by atomic mass is 9.85. The summed E-state index contributed by atoms with van der Waals surface area (Å²) in [7, 11) is -1.07. The van der Waals surface area contributed by atoms with Crippen molar-refractivity contribution < 1.29 is 4.43 Å². The van der Waals surface area contributed by atoms with E-state index in [1.807, 2.05) is 6.20 Å². The molecule has 1 N–H and O–H groups in total. The van der Waals surface area contributed by atoms with Crippen LogP contribution in [0.1, 0.15) is 45.3 Å². The molecule has 0 aliphatic heterocycles. The lowest BCUT2D eigenvalue weighted by Gasteiger charge is -2.32. The van der Waals surface area contributed by atoms with Gasteiger partial charge in [-0.25, -0.2) is 4.98 Å². The lowest BCUT2D eigenvalue weighted by Crippen LogP contribution is -2.26. The van der Waals surface area contributed by atoms with Crippen molar-refractivity contribution in [2.75, 3.05) is 5.32 Å². The van der Waals surface area contributed by atoms with Crippen molar-refractivity contribution in [3.8, 4) is 0 Å². The summed E-state index contributed by atoms with van der Waals surface area (Å²) in [5, 5.41) is 3.42. The Labute approximate surface area is 118 Å². The van der Waals surface area contributed by atoms with Crippen LogP contribution in [0.2, 0.25) is 13.1 Å². The van der Waals surface area contributed by atoms with Crippen molar-refractivity contribution in [2.24, 2.45) is 5.41 Å². The third kappa shape index (κ3) is 4.32. The molecule has 0 aromatic carbocycles. The van der Waals surface area contributed by atoms with Gasteiger partial charge >= 0.3 is 0 Å². The van der Waals surface area contributed by atoms with Crippen LogP contribution in [0, 0.1) is 5.41 Å². The largest absolute Gasteiger partial charge is 0.413 e. The van der Waals surface area contributed by atoms with Crippen LogP contribution in [0.25, 0.3) is 0 Å². The Morgan fingerprint density at radius 3 is 2.42 bits per heavy atom. The number of rotatable bonds is 5. The van der Waals surface area contributed by atoms with E-state index in [1.54, 1.807) is 0 Å². The highest BCUT2D eigenvalue weighted by molar-refractivity contribution is 6.48. The predicted octanol–water partition coefficient (Wildman–Crippen LogP) is 3.74. The highest BCUT2D eigenvalue weighted by atomic mass is 28.3. The maximum absolute atomic E-state index is 6.21. The Morgan fingerprint density at radius 2 is 2.00 bits per heavy atom. The Balaban J connectivity index is 2.11. The zero-order valence-corrected chi connectivity index (χ0v) is 13.9. The number of hydrogen-bond acceptors (Lipinski definition) is 3. The summed E-state index contributed by atoms with van der Waals surface area (Å²) < 4.78 is 6.21. The minimum absolute atomic E-state index is 0.102. The number of hydrogen-bond donors (Lipinski definition) is 1. The number of aromatic nitrogens is 1. The SMILES string of the molecule is C[SiH](C)OC(c1ccc(NC2CC2)nc1)C(C)(C)C. The molecule has 3 nitrogen and oxygen atoms in total. The number of nitrogens with one attached hydrogen (secondary N) is 1. The first kappa shape index (κ1) is 14.5. The molecule has 1 aromatic rings. The molecule has 1 fully saturated rings. The van der Waals surface area contributed by atoms with E-state index in [9.17, 15) is 0 Å². The standard InChI is InChI=1S/C15H26N2OSi/c1-15(2,3)14(18-19(4)5)11-6-9-13(16-10-11)17-12-7-8-12/h6,9-10,12,14,19H,7-8H2,1-5H3,(H,16,17). The molecule has 0 bridgehead atoms. The summed E-state index contributed by atoms with van der Waals surface area (Å²) in [4.78, 5) is 4.52. The molecule has 1 heterocycles. The van der Waals surface area contributed by atoms with E-state index in [-0.39, 0.29) is 11.5 Å². The van der Waals surface area contributed by atoms with Crippen LogP contribution >= 0.6 is 0 Å². The van der Waals surface area contributed by atoms with Crippen LogP contribution in [0.3, 0.4) is 0 Å². The van der Waals surface area contributed by atoms with Crippen molar-refractivity contribution in [1.82, 2.24) is 4.98 Å². The minimum Gasteiger partial charge on any atom is -0.413 e. The van der Waals surface area contributed by atoms with Gasteiger partial charge in [0.25, 0.3) is 0 Å². The average molecular weight is 278 g/mol. The van der Waals surface area contributed by atoms with Gasteiger partial charge < -0.3 is 9.74 Å². The third-order valence-electron chi connectivity index (χ3n) is 3.21. The van der Waals surface area contributed by atoms with E-state index >= 15 is 0 Å². The minimum atomic E-state index is -1.07. The van der Waals surface area contributed by atoms with Gasteiger partial charge in [0.2, 0.25) is 0 Å². The van der Waals surface area contributed by atoms with E-state index in [0.717, 1.165) is 5.82 Å². The molecule has 0 amide bonds. The van der Waals surface area contributed by atoms with Gasteiger partial charge in [-0.2, -0.15) is 0 Å². The first-order valence-corrected chi connectivity index (χ1v) is 10.0. The molecule has 106 valence electrons. The van der Waals surface area contributed by atoms with E-state index in [2.05, 4.69) is 56.3 Å². The fourth-order valence-electron chi connectivity index (χ4n) is 2.14. The normalized spacial score (nSPS) is 17.6. The summed E-state index contributed by atoms with van der Waals surface area (Å²) in [6.45, 7) is 11.1. The summed E-state index contributed by atoms with van der Waals surface area (Å²) >= 11 is 0. The van der Waals surface area contributed by atoms with Crippen molar-refractivity contribution in [3.63, 3.8) is 0 Å². The smallest absolute Gasteiger partial charge is 0.171 e. The highest BCUT2D eigenvalue weighted by Crippen LogP contribution is 2.36. The van der Waals surface area contributed by atoms with Crippen LogP contribution in [-0.2, 0) is 4.43 Å². The molecule has 1 atom stereocenters. The van der Waals surface area contributed by atoms with Crippen LogP contribution in [-0.4, -0.2) is 20.1 Å². The molecule has 1 aliphatic rings. The number of pyridine rings is 1. The van der Waals surface area contributed by atoms with Gasteiger partial charge in [0.05, 0.1) is 6.10 Å². The van der Waals surface area contributed by atoms with Crippen LogP contribution in [0.4, 0.5) is 5.82 Å². The molecular weight excluding hydrogens is 252 g/mol. The Hall–Kier alpha value is -0.873. The monoisotopic (exact) mass is 278 g/mol.